The first-order valence-corrected chi connectivity index (χ1v) is 8.57. The topological polar surface area (TPSA) is 52.4 Å². The average Bonchev–Trinajstić information content (AvgIpc) is 2.49. The van der Waals surface area contributed by atoms with E-state index in [4.69, 9.17) is 16.3 Å². The summed E-state index contributed by atoms with van der Waals surface area (Å²) in [5.74, 6) is 0.332. The fourth-order valence-corrected chi connectivity index (χ4v) is 4.85. The maximum Gasteiger partial charge on any atom is 0.312 e. The molecule has 1 aromatic carbocycles. The Bertz CT molecular complexity index is 560. The van der Waals surface area contributed by atoms with Crippen molar-refractivity contribution in [3.05, 3.63) is 33.3 Å². The third kappa shape index (κ3) is 2.66. The Balaban J connectivity index is 1.82. The van der Waals surface area contributed by atoms with Crippen molar-refractivity contribution in [2.24, 2.45) is 5.41 Å². The molecule has 2 saturated carbocycles. The SMILES string of the molecule is O=[N+]([O-])c1cc(Cl)ccc1OC1CC(Br)C12CCCCC2. The van der Waals surface area contributed by atoms with Crippen molar-refractivity contribution in [2.45, 2.75) is 49.5 Å². The van der Waals surface area contributed by atoms with E-state index in [0.717, 1.165) is 19.3 Å². The zero-order valence-corrected chi connectivity index (χ0v) is 13.9. The number of nitro groups is 1. The summed E-state index contributed by atoms with van der Waals surface area (Å²) in [7, 11) is 0. The molecular formula is C15H17BrClNO3. The molecule has 2 aliphatic carbocycles. The lowest BCUT2D eigenvalue weighted by molar-refractivity contribution is -0.386. The van der Waals surface area contributed by atoms with E-state index in [2.05, 4.69) is 15.9 Å². The van der Waals surface area contributed by atoms with E-state index in [1.807, 2.05) is 0 Å². The number of hydrogen-bond acceptors (Lipinski definition) is 3. The van der Waals surface area contributed by atoms with Gasteiger partial charge in [0, 0.05) is 21.3 Å². The fourth-order valence-electron chi connectivity index (χ4n) is 3.60. The second kappa shape index (κ2) is 5.76. The third-order valence-corrected chi connectivity index (χ3v) is 6.38. The lowest BCUT2D eigenvalue weighted by atomic mass is 9.58. The van der Waals surface area contributed by atoms with Gasteiger partial charge in [0.05, 0.1) is 4.92 Å². The minimum atomic E-state index is -0.432. The lowest BCUT2D eigenvalue weighted by Crippen LogP contribution is -2.57. The second-order valence-electron chi connectivity index (χ2n) is 5.97. The van der Waals surface area contributed by atoms with Gasteiger partial charge in [-0.3, -0.25) is 10.1 Å². The normalized spacial score (nSPS) is 27.1. The Morgan fingerprint density at radius 2 is 2.05 bits per heavy atom. The van der Waals surface area contributed by atoms with Crippen molar-refractivity contribution < 1.29 is 9.66 Å². The third-order valence-electron chi connectivity index (χ3n) is 4.86. The Hall–Kier alpha value is -0.810. The molecule has 2 atom stereocenters. The molecule has 0 bridgehead atoms. The smallest absolute Gasteiger partial charge is 0.312 e. The monoisotopic (exact) mass is 373 g/mol. The van der Waals surface area contributed by atoms with Crippen LogP contribution in [0.15, 0.2) is 18.2 Å². The van der Waals surface area contributed by atoms with Gasteiger partial charge in [-0.1, -0.05) is 46.8 Å². The second-order valence-corrected chi connectivity index (χ2v) is 7.51. The highest BCUT2D eigenvalue weighted by Crippen LogP contribution is 2.56. The first kappa shape index (κ1) is 15.1. The van der Waals surface area contributed by atoms with Gasteiger partial charge in [0.1, 0.15) is 6.10 Å². The van der Waals surface area contributed by atoms with Crippen molar-refractivity contribution >= 4 is 33.2 Å². The van der Waals surface area contributed by atoms with Crippen molar-refractivity contribution in [1.29, 1.82) is 0 Å². The first-order chi connectivity index (χ1) is 10.0. The number of benzene rings is 1. The van der Waals surface area contributed by atoms with Crippen LogP contribution in [0.5, 0.6) is 5.75 Å². The molecule has 3 rings (SSSR count). The molecule has 6 heteroatoms. The van der Waals surface area contributed by atoms with E-state index in [0.29, 0.717) is 15.6 Å². The van der Waals surface area contributed by atoms with Crippen LogP contribution in [-0.2, 0) is 0 Å². The largest absolute Gasteiger partial charge is 0.483 e. The Morgan fingerprint density at radius 3 is 2.67 bits per heavy atom. The van der Waals surface area contributed by atoms with Crippen LogP contribution in [0.4, 0.5) is 5.69 Å². The summed E-state index contributed by atoms with van der Waals surface area (Å²) in [4.78, 5) is 11.2. The molecule has 2 unspecified atom stereocenters. The van der Waals surface area contributed by atoms with Crippen molar-refractivity contribution in [3.63, 3.8) is 0 Å². The summed E-state index contributed by atoms with van der Waals surface area (Å²) in [6.07, 6.45) is 6.93. The molecule has 0 radical (unpaired) electrons. The lowest BCUT2D eigenvalue weighted by Gasteiger charge is -2.55. The number of alkyl halides is 1. The number of nitro benzene ring substituents is 1. The van der Waals surface area contributed by atoms with Gasteiger partial charge in [0.2, 0.25) is 0 Å². The Labute approximate surface area is 137 Å². The zero-order valence-electron chi connectivity index (χ0n) is 11.6. The number of hydrogen-bond donors (Lipinski definition) is 0. The maximum atomic E-state index is 11.2. The van der Waals surface area contributed by atoms with Crippen LogP contribution in [-0.4, -0.2) is 15.9 Å². The van der Waals surface area contributed by atoms with Crippen LogP contribution in [0.1, 0.15) is 38.5 Å². The summed E-state index contributed by atoms with van der Waals surface area (Å²) >= 11 is 9.60. The van der Waals surface area contributed by atoms with E-state index >= 15 is 0 Å². The molecule has 21 heavy (non-hydrogen) atoms. The molecule has 0 aromatic heterocycles. The van der Waals surface area contributed by atoms with Crippen LogP contribution < -0.4 is 4.74 Å². The average molecular weight is 375 g/mol. The van der Waals surface area contributed by atoms with Gasteiger partial charge >= 0.3 is 5.69 Å². The van der Waals surface area contributed by atoms with Gasteiger partial charge in [-0.2, -0.15) is 0 Å². The standard InChI is InChI=1S/C15H17BrClNO3/c16-13-9-14(15(13)6-2-1-3-7-15)21-12-5-4-10(17)8-11(12)18(19)20/h4-5,8,13-14H,1-3,6-7,9H2. The molecule has 0 aliphatic heterocycles. The van der Waals surface area contributed by atoms with Crippen LogP contribution in [0.3, 0.4) is 0 Å². The predicted molar refractivity (Wildman–Crippen MR) is 85.4 cm³/mol. The molecule has 0 heterocycles. The molecule has 114 valence electrons. The molecular weight excluding hydrogens is 358 g/mol. The number of halogens is 2. The van der Waals surface area contributed by atoms with Crippen molar-refractivity contribution in [1.82, 2.24) is 0 Å². The summed E-state index contributed by atoms with van der Waals surface area (Å²) in [6, 6.07) is 4.61. The van der Waals surface area contributed by atoms with Crippen molar-refractivity contribution in [2.75, 3.05) is 0 Å². The number of rotatable bonds is 3. The minimum absolute atomic E-state index is 0.0496. The highest BCUT2D eigenvalue weighted by molar-refractivity contribution is 9.09. The summed E-state index contributed by atoms with van der Waals surface area (Å²) in [5.41, 5.74) is 0.0950. The highest BCUT2D eigenvalue weighted by Gasteiger charge is 2.55. The molecule has 1 spiro atoms. The molecule has 2 aliphatic rings. The predicted octanol–water partition coefficient (Wildman–Crippen LogP) is 5.11. The van der Waals surface area contributed by atoms with E-state index < -0.39 is 4.92 Å². The quantitative estimate of drug-likeness (QED) is 0.419. The van der Waals surface area contributed by atoms with E-state index in [-0.39, 0.29) is 17.2 Å². The summed E-state index contributed by atoms with van der Waals surface area (Å²) in [6.45, 7) is 0. The summed E-state index contributed by atoms with van der Waals surface area (Å²) in [5, 5.41) is 11.5. The van der Waals surface area contributed by atoms with E-state index in [1.165, 1.54) is 25.3 Å². The number of ether oxygens (including phenoxy) is 1. The van der Waals surface area contributed by atoms with Gasteiger partial charge in [-0.15, -0.1) is 0 Å². The van der Waals surface area contributed by atoms with Gasteiger partial charge in [0.15, 0.2) is 5.75 Å². The molecule has 0 saturated heterocycles. The first-order valence-electron chi connectivity index (χ1n) is 7.27. The molecule has 4 nitrogen and oxygen atoms in total. The zero-order chi connectivity index (χ0) is 15.0. The molecule has 0 N–H and O–H groups in total. The Morgan fingerprint density at radius 1 is 1.33 bits per heavy atom. The van der Waals surface area contributed by atoms with Gasteiger partial charge in [-0.05, 0) is 31.4 Å². The van der Waals surface area contributed by atoms with Crippen molar-refractivity contribution in [3.8, 4) is 5.75 Å². The van der Waals surface area contributed by atoms with Crippen LogP contribution in [0, 0.1) is 15.5 Å². The summed E-state index contributed by atoms with van der Waals surface area (Å²) < 4.78 is 6.03. The van der Waals surface area contributed by atoms with Gasteiger partial charge < -0.3 is 4.74 Å². The Kier molecular flexibility index (Phi) is 4.14. The number of nitrogens with zero attached hydrogens (tertiary/aromatic N) is 1. The van der Waals surface area contributed by atoms with Crippen LogP contribution in [0.25, 0.3) is 0 Å². The van der Waals surface area contributed by atoms with Gasteiger partial charge in [-0.25, -0.2) is 0 Å². The van der Waals surface area contributed by atoms with E-state index in [1.54, 1.807) is 12.1 Å². The van der Waals surface area contributed by atoms with E-state index in [9.17, 15) is 10.1 Å². The molecule has 1 aromatic rings. The van der Waals surface area contributed by atoms with Gasteiger partial charge in [0.25, 0.3) is 0 Å². The maximum absolute atomic E-state index is 11.2. The fraction of sp³-hybridized carbons (Fsp3) is 0.600. The van der Waals surface area contributed by atoms with Crippen LogP contribution >= 0.6 is 27.5 Å². The highest BCUT2D eigenvalue weighted by atomic mass is 79.9. The molecule has 2 fully saturated rings. The minimum Gasteiger partial charge on any atom is -0.483 e. The molecule has 0 amide bonds. The van der Waals surface area contributed by atoms with Crippen LogP contribution in [0.2, 0.25) is 5.02 Å².